The molecule has 1 saturated heterocycles. The fraction of sp³-hybridized carbons (Fsp3) is 0.726. The van der Waals surface area contributed by atoms with Crippen molar-refractivity contribution in [3.05, 3.63) is 35.9 Å². The maximum absolute atomic E-state index is 14.3. The average Bonchev–Trinajstić information content (AvgIpc) is 1.73. The lowest BCUT2D eigenvalue weighted by molar-refractivity contribution is -0.143. The van der Waals surface area contributed by atoms with Crippen LogP contribution in [0.15, 0.2) is 30.3 Å². The van der Waals surface area contributed by atoms with Crippen molar-refractivity contribution in [2.45, 2.75) is 267 Å². The maximum Gasteiger partial charge on any atom is 0.326 e. The summed E-state index contributed by atoms with van der Waals surface area (Å²) in [6.45, 7) is 28.9. The highest BCUT2D eigenvalue weighted by Gasteiger charge is 2.42. The summed E-state index contributed by atoms with van der Waals surface area (Å²) in [5.41, 5.74) is 12.9. The van der Waals surface area contributed by atoms with Crippen LogP contribution in [0.2, 0.25) is 0 Å². The van der Waals surface area contributed by atoms with Gasteiger partial charge in [-0.15, -0.1) is 0 Å². The number of carboxylic acid groups (broad SMARTS) is 1. The third kappa shape index (κ3) is 31.3. The molecule has 0 spiro atoms. The monoisotopic (exact) mass is 1450 g/mol. The van der Waals surface area contributed by atoms with Crippen LogP contribution < -0.4 is 75.3 Å². The Morgan fingerprint density at radius 3 is 1.37 bits per heavy atom. The third-order valence-corrected chi connectivity index (χ3v) is 18.5. The van der Waals surface area contributed by atoms with E-state index in [1.165, 1.54) is 11.8 Å². The molecule has 15 atom stereocenters. The number of hydrogen-bond acceptors (Lipinski definition) is 16. The number of amides is 13. The SMILES string of the molecule is CC[C@H](C)[C@H](NC(=O)CNC(=O)[C@@H](NC(=O)[C@@H](NC(=O)[C@@H]1CCCN1C(=O)[C@H](CC(C)C)NC(=O)[C@@H](N)Cc1ccccc1)[C@@H](C)CC)[C@@H](C)CC)C(=O)NCC(=O)N[C@@H](C)C(=O)N[C@H](C(=O)N[C@@H](CC(C)C)C(=O)N[C@@H](CCCCN)C(=O)N[C@H](C(=O)N[C@@H](CC(C)C)C(=O)O)C(C)C)C(C)C. The predicted octanol–water partition coefficient (Wildman–Crippen LogP) is 1.45. The topological polar surface area (TPSA) is 459 Å². The van der Waals surface area contributed by atoms with Gasteiger partial charge >= 0.3 is 5.97 Å². The van der Waals surface area contributed by atoms with E-state index in [0.29, 0.717) is 51.5 Å². The van der Waals surface area contributed by atoms with Gasteiger partial charge in [-0.1, -0.05) is 160 Å². The predicted molar refractivity (Wildman–Crippen MR) is 391 cm³/mol. The van der Waals surface area contributed by atoms with Crippen molar-refractivity contribution in [3.63, 3.8) is 0 Å². The van der Waals surface area contributed by atoms with Crippen molar-refractivity contribution in [1.82, 2.24) is 68.7 Å². The highest BCUT2D eigenvalue weighted by Crippen LogP contribution is 2.23. The Balaban J connectivity index is 2.15. The molecule has 1 heterocycles. The van der Waals surface area contributed by atoms with Crippen molar-refractivity contribution in [2.75, 3.05) is 26.2 Å². The lowest BCUT2D eigenvalue weighted by Crippen LogP contribution is -2.61. The average molecular weight is 1450 g/mol. The quantitative estimate of drug-likeness (QED) is 0.0411. The molecule has 0 aliphatic carbocycles. The van der Waals surface area contributed by atoms with Crippen LogP contribution >= 0.6 is 0 Å². The lowest BCUT2D eigenvalue weighted by atomic mass is 9.94. The zero-order valence-corrected chi connectivity index (χ0v) is 64.0. The number of likely N-dealkylation sites (tertiary alicyclic amines) is 1. The van der Waals surface area contributed by atoms with Gasteiger partial charge in [0.1, 0.15) is 66.5 Å². The molecule has 17 N–H and O–H groups in total. The number of carbonyl (C=O) groups is 14. The molecule has 2 rings (SSSR count). The number of nitrogens with zero attached hydrogens (tertiary/aromatic N) is 1. The fourth-order valence-corrected chi connectivity index (χ4v) is 11.7. The number of nitrogens with one attached hydrogen (secondary N) is 12. The number of benzene rings is 1. The minimum absolute atomic E-state index is 0.0111. The molecule has 1 aromatic rings. The zero-order chi connectivity index (χ0) is 78.1. The number of aliphatic carboxylic acids is 1. The first-order valence-corrected chi connectivity index (χ1v) is 36.9. The Labute approximate surface area is 609 Å². The molecule has 0 aromatic heterocycles. The van der Waals surface area contributed by atoms with E-state index in [0.717, 1.165) is 5.56 Å². The number of rotatable bonds is 46. The number of unbranched alkanes of at least 4 members (excludes halogenated alkanes) is 1. The van der Waals surface area contributed by atoms with Gasteiger partial charge in [-0.2, -0.15) is 0 Å². The zero-order valence-electron chi connectivity index (χ0n) is 64.0. The van der Waals surface area contributed by atoms with Crippen LogP contribution in [0.1, 0.15) is 194 Å². The van der Waals surface area contributed by atoms with Crippen molar-refractivity contribution in [3.8, 4) is 0 Å². The van der Waals surface area contributed by atoms with Gasteiger partial charge in [0.2, 0.25) is 76.8 Å². The Hall–Kier alpha value is -8.28. The molecular weight excluding hydrogens is 1330 g/mol. The molecule has 1 aromatic carbocycles. The normalized spacial score (nSPS) is 17.0. The number of carbonyl (C=O) groups excluding carboxylic acids is 13. The molecule has 1 aliphatic rings. The first-order chi connectivity index (χ1) is 48.3. The smallest absolute Gasteiger partial charge is 0.326 e. The lowest BCUT2D eigenvalue weighted by Gasteiger charge is -2.32. The van der Waals surface area contributed by atoms with Crippen molar-refractivity contribution in [1.29, 1.82) is 0 Å². The number of carboxylic acids is 1. The first kappa shape index (κ1) is 90.8. The first-order valence-electron chi connectivity index (χ1n) is 36.9. The van der Waals surface area contributed by atoms with Gasteiger partial charge < -0.3 is 85.3 Å². The van der Waals surface area contributed by atoms with Gasteiger partial charge in [0, 0.05) is 6.54 Å². The molecule has 1 aliphatic heterocycles. The maximum atomic E-state index is 14.3. The largest absolute Gasteiger partial charge is 0.480 e. The molecular formula is C73H125N15O15. The summed E-state index contributed by atoms with van der Waals surface area (Å²) < 4.78 is 0. The van der Waals surface area contributed by atoms with Crippen LogP contribution in [-0.2, 0) is 73.5 Å². The summed E-state index contributed by atoms with van der Waals surface area (Å²) in [5, 5.41) is 41.8. The standard InChI is InChI=1S/C73H125N15O15/c1-18-44(14)59(83-56(90)38-77-68(97)60(45(15)19-2)87-71(100)61(46(16)20-3)86-66(95)54-30-26-32-88(54)72(101)52(34-40(6)7)81-63(92)49(75)36-48-27-22-21-23-28-48)67(96)76-37-55(89)78-47(17)62(91)84-57(42(10)11)69(98)80-51(33-39(4)5)65(94)79-50(29-24-25-31-74)64(93)85-58(43(12)13)70(99)82-53(73(102)103)35-41(8)9/h21-23,27-28,39-47,49-54,57-61H,18-20,24-26,29-38,74-75H2,1-17H3,(H,76,96)(H,77,97)(H,78,89)(H,79,94)(H,80,98)(H,81,92)(H,82,99)(H,83,90)(H,84,91)(H,85,93)(H,86,95)(H,87,100)(H,102,103)/t44-,45-,46-,47-,49-,50-,51-,52-,53-,54-,57-,58-,59-,60-,61-/m0/s1. The highest BCUT2D eigenvalue weighted by molar-refractivity contribution is 5.99. The second-order valence-corrected chi connectivity index (χ2v) is 29.6. The fourth-order valence-electron chi connectivity index (χ4n) is 11.7. The number of hydrogen-bond donors (Lipinski definition) is 15. The van der Waals surface area contributed by atoms with E-state index in [-0.39, 0.29) is 56.4 Å². The summed E-state index contributed by atoms with van der Waals surface area (Å²) in [7, 11) is 0. The van der Waals surface area contributed by atoms with E-state index in [1.807, 2.05) is 85.7 Å². The van der Waals surface area contributed by atoms with Gasteiger partial charge in [-0.25, -0.2) is 4.79 Å². The highest BCUT2D eigenvalue weighted by atomic mass is 16.4. The van der Waals surface area contributed by atoms with Crippen molar-refractivity contribution >= 4 is 82.8 Å². The molecule has 13 amide bonds. The van der Waals surface area contributed by atoms with Gasteiger partial charge in [-0.3, -0.25) is 62.3 Å². The van der Waals surface area contributed by atoms with E-state index in [1.54, 1.807) is 55.4 Å². The Bertz CT molecular complexity index is 2970. The molecule has 0 radical (unpaired) electrons. The third-order valence-electron chi connectivity index (χ3n) is 18.5. The van der Waals surface area contributed by atoms with Gasteiger partial charge in [0.15, 0.2) is 0 Å². The van der Waals surface area contributed by atoms with Gasteiger partial charge in [-0.05, 0) is 124 Å². The van der Waals surface area contributed by atoms with Crippen LogP contribution in [0.3, 0.4) is 0 Å². The van der Waals surface area contributed by atoms with Crippen LogP contribution in [0.4, 0.5) is 0 Å². The van der Waals surface area contributed by atoms with E-state index in [4.69, 9.17) is 11.5 Å². The van der Waals surface area contributed by atoms with Crippen molar-refractivity contribution in [2.24, 2.45) is 58.8 Å². The molecule has 30 nitrogen and oxygen atoms in total. The van der Waals surface area contributed by atoms with E-state index in [2.05, 4.69) is 63.8 Å². The summed E-state index contributed by atoms with van der Waals surface area (Å²) >= 11 is 0. The number of nitrogens with two attached hydrogens (primary N) is 2. The Morgan fingerprint density at radius 2 is 0.883 bits per heavy atom. The van der Waals surface area contributed by atoms with Gasteiger partial charge in [0.25, 0.3) is 0 Å². The summed E-state index contributed by atoms with van der Waals surface area (Å²) in [4.78, 5) is 194. The molecule has 0 unspecified atom stereocenters. The van der Waals surface area contributed by atoms with Crippen LogP contribution in [0, 0.1) is 47.3 Å². The van der Waals surface area contributed by atoms with Crippen LogP contribution in [0.5, 0.6) is 0 Å². The second-order valence-electron chi connectivity index (χ2n) is 29.6. The molecule has 1 fully saturated rings. The minimum atomic E-state index is -1.27. The molecule has 582 valence electrons. The van der Waals surface area contributed by atoms with E-state index in [9.17, 15) is 72.2 Å². The summed E-state index contributed by atoms with van der Waals surface area (Å²) in [5.74, 6) is -12.9. The molecule has 0 bridgehead atoms. The molecule has 0 saturated carbocycles. The Morgan fingerprint density at radius 1 is 0.466 bits per heavy atom. The molecule has 30 heteroatoms. The Kier molecular flexibility index (Phi) is 40.3. The van der Waals surface area contributed by atoms with Gasteiger partial charge in [0.05, 0.1) is 19.1 Å². The van der Waals surface area contributed by atoms with E-state index < -0.39 is 198 Å². The van der Waals surface area contributed by atoms with Crippen molar-refractivity contribution < 1.29 is 72.2 Å². The minimum Gasteiger partial charge on any atom is -0.480 e. The van der Waals surface area contributed by atoms with E-state index >= 15 is 0 Å². The summed E-state index contributed by atoms with van der Waals surface area (Å²) in [6, 6.07) is -4.48. The van der Waals surface area contributed by atoms with Crippen LogP contribution in [-0.4, -0.2) is 191 Å². The van der Waals surface area contributed by atoms with Crippen LogP contribution in [0.25, 0.3) is 0 Å². The molecule has 103 heavy (non-hydrogen) atoms. The second kappa shape index (κ2) is 45.7. The summed E-state index contributed by atoms with van der Waals surface area (Å²) in [6.07, 6.45) is 3.82.